The highest BCUT2D eigenvalue weighted by Crippen LogP contribution is 2.29. The highest BCUT2D eigenvalue weighted by atomic mass is 19.1. The van der Waals surface area contributed by atoms with E-state index < -0.39 is 0 Å². The third-order valence-corrected chi connectivity index (χ3v) is 4.36. The van der Waals surface area contributed by atoms with Crippen LogP contribution < -0.4 is 5.32 Å². The summed E-state index contributed by atoms with van der Waals surface area (Å²) in [6.45, 7) is 2.34. The first-order chi connectivity index (χ1) is 13.2. The lowest BCUT2D eigenvalue weighted by Crippen LogP contribution is -2.27. The van der Waals surface area contributed by atoms with E-state index in [1.54, 1.807) is 18.2 Å². The van der Waals surface area contributed by atoms with Crippen molar-refractivity contribution in [1.82, 2.24) is 15.5 Å². The van der Waals surface area contributed by atoms with Gasteiger partial charge in [-0.3, -0.25) is 4.79 Å². The van der Waals surface area contributed by atoms with Gasteiger partial charge in [0.1, 0.15) is 5.82 Å². The lowest BCUT2D eigenvalue weighted by molar-refractivity contribution is -0.121. The first kappa shape index (κ1) is 18.8. The highest BCUT2D eigenvalue weighted by molar-refractivity contribution is 5.77. The van der Waals surface area contributed by atoms with Crippen molar-refractivity contribution >= 4 is 5.91 Å². The van der Waals surface area contributed by atoms with Gasteiger partial charge in [-0.1, -0.05) is 60.6 Å². The highest BCUT2D eigenvalue weighted by Gasteiger charge is 2.21. The molecule has 5 nitrogen and oxygen atoms in total. The fraction of sp³-hybridized carbons (Fsp3) is 0.286. The Labute approximate surface area is 157 Å². The maximum Gasteiger partial charge on any atom is 0.226 e. The number of aryl methyl sites for hydroxylation is 1. The van der Waals surface area contributed by atoms with E-state index in [2.05, 4.69) is 15.5 Å². The second-order valence-corrected chi connectivity index (χ2v) is 6.25. The number of carbonyl (C=O) groups is 1. The Hall–Kier alpha value is -3.02. The number of carbonyl (C=O) groups excluding carboxylic acids is 1. The van der Waals surface area contributed by atoms with Crippen molar-refractivity contribution < 1.29 is 13.7 Å². The quantitative estimate of drug-likeness (QED) is 0.660. The van der Waals surface area contributed by atoms with E-state index in [1.807, 2.05) is 37.3 Å². The third kappa shape index (κ3) is 5.00. The molecule has 3 aromatic rings. The number of amides is 1. The molecular formula is C21H22FN3O2. The summed E-state index contributed by atoms with van der Waals surface area (Å²) in [6, 6.07) is 16.1. The average Bonchev–Trinajstić information content (AvgIpc) is 3.15. The van der Waals surface area contributed by atoms with Gasteiger partial charge in [0, 0.05) is 31.7 Å². The van der Waals surface area contributed by atoms with Crippen LogP contribution in [0.1, 0.15) is 42.1 Å². The molecule has 0 bridgehead atoms. The van der Waals surface area contributed by atoms with Crippen molar-refractivity contribution in [2.45, 2.75) is 32.1 Å². The number of nitrogens with one attached hydrogen (secondary N) is 1. The van der Waals surface area contributed by atoms with Crippen LogP contribution in [0.5, 0.6) is 0 Å². The van der Waals surface area contributed by atoms with Crippen molar-refractivity contribution in [1.29, 1.82) is 0 Å². The van der Waals surface area contributed by atoms with Crippen molar-refractivity contribution in [3.63, 3.8) is 0 Å². The monoisotopic (exact) mass is 367 g/mol. The molecule has 27 heavy (non-hydrogen) atoms. The second-order valence-electron chi connectivity index (χ2n) is 6.25. The summed E-state index contributed by atoms with van der Waals surface area (Å²) in [5, 5.41) is 6.73. The van der Waals surface area contributed by atoms with Gasteiger partial charge in [-0.2, -0.15) is 4.98 Å². The summed E-state index contributed by atoms with van der Waals surface area (Å²) >= 11 is 0. The molecule has 1 heterocycles. The van der Waals surface area contributed by atoms with Gasteiger partial charge >= 0.3 is 0 Å². The van der Waals surface area contributed by atoms with Crippen molar-refractivity contribution in [2.75, 3.05) is 6.54 Å². The molecule has 0 radical (unpaired) electrons. The normalized spacial score (nSPS) is 11.9. The molecule has 0 aliphatic carbocycles. The SMILES string of the molecule is CCc1nc(CCNC(=O)CC(c2ccccc2)c2ccccc2F)no1. The molecule has 0 aliphatic rings. The molecule has 0 aliphatic heterocycles. The molecule has 0 spiro atoms. The van der Waals surface area contributed by atoms with Gasteiger partial charge in [0.2, 0.25) is 11.8 Å². The number of benzene rings is 2. The molecule has 0 saturated carbocycles. The molecule has 1 unspecified atom stereocenters. The molecule has 2 aromatic carbocycles. The lowest BCUT2D eigenvalue weighted by Gasteiger charge is -2.18. The van der Waals surface area contributed by atoms with Gasteiger partial charge in [0.25, 0.3) is 0 Å². The Morgan fingerprint density at radius 3 is 2.59 bits per heavy atom. The van der Waals surface area contributed by atoms with Crippen LogP contribution in [0.25, 0.3) is 0 Å². The Morgan fingerprint density at radius 1 is 1.15 bits per heavy atom. The van der Waals surface area contributed by atoms with Crippen molar-refractivity contribution in [3.05, 3.63) is 83.3 Å². The van der Waals surface area contributed by atoms with Crippen molar-refractivity contribution in [3.8, 4) is 0 Å². The number of hydrogen-bond acceptors (Lipinski definition) is 4. The van der Waals surface area contributed by atoms with E-state index in [1.165, 1.54) is 6.07 Å². The fourth-order valence-corrected chi connectivity index (χ4v) is 2.96. The molecule has 1 atom stereocenters. The predicted octanol–water partition coefficient (Wildman–Crippen LogP) is 3.65. The minimum Gasteiger partial charge on any atom is -0.356 e. The van der Waals surface area contributed by atoms with Crippen LogP contribution in [-0.4, -0.2) is 22.6 Å². The summed E-state index contributed by atoms with van der Waals surface area (Å²) in [4.78, 5) is 16.7. The fourth-order valence-electron chi connectivity index (χ4n) is 2.96. The molecule has 1 amide bonds. The number of halogens is 1. The third-order valence-electron chi connectivity index (χ3n) is 4.36. The maximum absolute atomic E-state index is 14.3. The minimum absolute atomic E-state index is 0.147. The molecule has 140 valence electrons. The molecule has 6 heteroatoms. The Morgan fingerprint density at radius 2 is 1.89 bits per heavy atom. The number of rotatable bonds is 8. The Balaban J connectivity index is 1.65. The lowest BCUT2D eigenvalue weighted by atomic mass is 9.88. The number of aromatic nitrogens is 2. The van der Waals surface area contributed by atoms with Crippen LogP contribution in [0.15, 0.2) is 59.1 Å². The first-order valence-corrected chi connectivity index (χ1v) is 9.05. The second kappa shape index (κ2) is 9.07. The van der Waals surface area contributed by atoms with E-state index in [-0.39, 0.29) is 24.1 Å². The Bertz CT molecular complexity index is 880. The summed E-state index contributed by atoms with van der Waals surface area (Å²) in [5.41, 5.74) is 1.42. The van der Waals surface area contributed by atoms with Crippen LogP contribution in [0.3, 0.4) is 0 Å². The van der Waals surface area contributed by atoms with E-state index in [9.17, 15) is 9.18 Å². The molecular weight excluding hydrogens is 345 g/mol. The van der Waals surface area contributed by atoms with E-state index in [0.29, 0.717) is 36.7 Å². The van der Waals surface area contributed by atoms with Crippen LogP contribution in [0.4, 0.5) is 4.39 Å². The van der Waals surface area contributed by atoms with Crippen LogP contribution in [0.2, 0.25) is 0 Å². The standard InChI is InChI=1S/C21H22FN3O2/c1-2-21-24-19(25-27-21)12-13-23-20(26)14-17(15-8-4-3-5-9-15)16-10-6-7-11-18(16)22/h3-11,17H,2,12-14H2,1H3,(H,23,26). The van der Waals surface area contributed by atoms with E-state index in [0.717, 1.165) is 5.56 Å². The molecule has 1 N–H and O–H groups in total. The zero-order valence-corrected chi connectivity index (χ0v) is 15.2. The summed E-state index contributed by atoms with van der Waals surface area (Å²) in [6.07, 6.45) is 1.34. The van der Waals surface area contributed by atoms with Crippen molar-refractivity contribution in [2.24, 2.45) is 0 Å². The van der Waals surface area contributed by atoms with Gasteiger partial charge in [-0.15, -0.1) is 0 Å². The zero-order valence-electron chi connectivity index (χ0n) is 15.2. The summed E-state index contributed by atoms with van der Waals surface area (Å²) < 4.78 is 19.4. The topological polar surface area (TPSA) is 68.0 Å². The predicted molar refractivity (Wildman–Crippen MR) is 99.7 cm³/mol. The molecule has 1 aromatic heterocycles. The molecule has 0 fully saturated rings. The molecule has 0 saturated heterocycles. The minimum atomic E-state index is -0.343. The summed E-state index contributed by atoms with van der Waals surface area (Å²) in [5.74, 6) is 0.356. The number of nitrogens with zero attached hydrogens (tertiary/aromatic N) is 2. The summed E-state index contributed by atoms with van der Waals surface area (Å²) in [7, 11) is 0. The van der Waals surface area contributed by atoms with Crippen LogP contribution >= 0.6 is 0 Å². The molecule has 3 rings (SSSR count). The van der Waals surface area contributed by atoms with Crippen LogP contribution in [-0.2, 0) is 17.6 Å². The Kier molecular flexibility index (Phi) is 6.30. The van der Waals surface area contributed by atoms with Gasteiger partial charge in [-0.05, 0) is 17.2 Å². The van der Waals surface area contributed by atoms with E-state index in [4.69, 9.17) is 4.52 Å². The van der Waals surface area contributed by atoms with Gasteiger partial charge in [0.15, 0.2) is 5.82 Å². The number of hydrogen-bond donors (Lipinski definition) is 1. The van der Waals surface area contributed by atoms with Gasteiger partial charge < -0.3 is 9.84 Å². The van der Waals surface area contributed by atoms with Gasteiger partial charge in [-0.25, -0.2) is 4.39 Å². The first-order valence-electron chi connectivity index (χ1n) is 9.05. The van der Waals surface area contributed by atoms with Crippen LogP contribution in [0, 0.1) is 5.82 Å². The maximum atomic E-state index is 14.3. The smallest absolute Gasteiger partial charge is 0.226 e. The largest absolute Gasteiger partial charge is 0.356 e. The zero-order chi connectivity index (χ0) is 19.1. The van der Waals surface area contributed by atoms with Gasteiger partial charge in [0.05, 0.1) is 0 Å². The van der Waals surface area contributed by atoms with E-state index >= 15 is 0 Å². The average molecular weight is 367 g/mol.